The van der Waals surface area contributed by atoms with Crippen molar-refractivity contribution in [3.63, 3.8) is 0 Å². The molecule has 1 heterocycles. The van der Waals surface area contributed by atoms with Gasteiger partial charge in [0, 0.05) is 43.8 Å². The van der Waals surface area contributed by atoms with E-state index in [4.69, 9.17) is 10.5 Å². The van der Waals surface area contributed by atoms with Gasteiger partial charge in [-0.3, -0.25) is 4.90 Å². The molecule has 19 heavy (non-hydrogen) atoms. The van der Waals surface area contributed by atoms with Crippen LogP contribution in [0.3, 0.4) is 0 Å². The quantitative estimate of drug-likeness (QED) is 0.898. The van der Waals surface area contributed by atoms with Gasteiger partial charge in [-0.2, -0.15) is 11.8 Å². The van der Waals surface area contributed by atoms with Crippen LogP contribution in [0.5, 0.6) is 0 Å². The lowest BCUT2D eigenvalue weighted by molar-refractivity contribution is 0.165. The summed E-state index contributed by atoms with van der Waals surface area (Å²) in [6, 6.07) is 9.62. The third kappa shape index (κ3) is 3.72. The highest BCUT2D eigenvalue weighted by atomic mass is 32.2. The molecular weight excluding hydrogens is 256 g/mol. The first-order chi connectivity index (χ1) is 9.26. The first-order valence-corrected chi connectivity index (χ1v) is 8.03. The van der Waals surface area contributed by atoms with Gasteiger partial charge in [0.05, 0.1) is 6.61 Å². The van der Waals surface area contributed by atoms with E-state index in [0.29, 0.717) is 25.2 Å². The summed E-state index contributed by atoms with van der Waals surface area (Å²) in [6.45, 7) is 4.78. The maximum atomic E-state index is 6.02. The minimum absolute atomic E-state index is 0.340. The van der Waals surface area contributed by atoms with Gasteiger partial charge in [0.2, 0.25) is 0 Å². The number of hydrogen-bond acceptors (Lipinski definition) is 4. The Morgan fingerprint density at radius 2 is 2.16 bits per heavy atom. The second kappa shape index (κ2) is 7.29. The highest BCUT2D eigenvalue weighted by Crippen LogP contribution is 2.27. The molecule has 1 saturated heterocycles. The molecule has 0 aromatic heterocycles. The maximum absolute atomic E-state index is 6.02. The van der Waals surface area contributed by atoms with Gasteiger partial charge in [-0.15, -0.1) is 0 Å². The summed E-state index contributed by atoms with van der Waals surface area (Å²) < 4.78 is 5.15. The van der Waals surface area contributed by atoms with Crippen LogP contribution in [0.4, 0.5) is 0 Å². The fraction of sp³-hybridized carbons (Fsp3) is 0.600. The third-order valence-electron chi connectivity index (χ3n) is 3.72. The molecule has 3 nitrogen and oxygen atoms in total. The molecule has 2 N–H and O–H groups in total. The molecule has 0 amide bonds. The van der Waals surface area contributed by atoms with Crippen LogP contribution in [-0.4, -0.2) is 42.6 Å². The molecule has 1 aromatic carbocycles. The molecule has 106 valence electrons. The van der Waals surface area contributed by atoms with Crippen molar-refractivity contribution in [1.29, 1.82) is 0 Å². The molecule has 2 rings (SSSR count). The Kier molecular flexibility index (Phi) is 5.70. The molecule has 1 fully saturated rings. The second-order valence-corrected chi connectivity index (χ2v) is 6.24. The molecule has 1 aromatic rings. The Morgan fingerprint density at radius 1 is 1.42 bits per heavy atom. The van der Waals surface area contributed by atoms with Gasteiger partial charge in [-0.1, -0.05) is 24.3 Å². The van der Waals surface area contributed by atoms with Crippen molar-refractivity contribution in [3.05, 3.63) is 35.4 Å². The molecule has 2 unspecified atom stereocenters. The molecule has 0 saturated carbocycles. The van der Waals surface area contributed by atoms with Gasteiger partial charge in [0.1, 0.15) is 0 Å². The monoisotopic (exact) mass is 280 g/mol. The highest BCUT2D eigenvalue weighted by molar-refractivity contribution is 7.99. The van der Waals surface area contributed by atoms with Crippen LogP contribution >= 0.6 is 11.8 Å². The normalized spacial score (nSPS) is 22.4. The van der Waals surface area contributed by atoms with Gasteiger partial charge in [0.15, 0.2) is 0 Å². The molecule has 1 aliphatic rings. The van der Waals surface area contributed by atoms with Crippen LogP contribution in [0.2, 0.25) is 0 Å². The fourth-order valence-corrected chi connectivity index (χ4v) is 3.71. The number of hydrogen-bond donors (Lipinski definition) is 1. The fourth-order valence-electron chi connectivity index (χ4n) is 2.67. The summed E-state index contributed by atoms with van der Waals surface area (Å²) in [4.78, 5) is 2.54. The number of ether oxygens (including phenoxy) is 1. The number of methoxy groups -OCH3 is 1. The molecule has 1 aliphatic heterocycles. The van der Waals surface area contributed by atoms with Crippen LogP contribution in [0, 0.1) is 0 Å². The van der Waals surface area contributed by atoms with Crippen LogP contribution in [0.15, 0.2) is 24.3 Å². The number of thioether (sulfide) groups is 1. The molecule has 0 spiro atoms. The molecule has 0 bridgehead atoms. The molecule has 4 heteroatoms. The Hall–Kier alpha value is -0.550. The highest BCUT2D eigenvalue weighted by Gasteiger charge is 2.26. The van der Waals surface area contributed by atoms with Crippen molar-refractivity contribution in [2.45, 2.75) is 25.6 Å². The summed E-state index contributed by atoms with van der Waals surface area (Å²) >= 11 is 2.04. The largest absolute Gasteiger partial charge is 0.380 e. The number of rotatable bonds is 5. The van der Waals surface area contributed by atoms with Crippen molar-refractivity contribution in [1.82, 2.24) is 4.90 Å². The lowest BCUT2D eigenvalue weighted by Crippen LogP contribution is -2.45. The zero-order chi connectivity index (χ0) is 13.7. The van der Waals surface area contributed by atoms with Crippen LogP contribution in [-0.2, 0) is 11.3 Å². The Balaban J connectivity index is 2.11. The predicted molar refractivity (Wildman–Crippen MR) is 82.4 cm³/mol. The van der Waals surface area contributed by atoms with E-state index in [1.54, 1.807) is 7.11 Å². The van der Waals surface area contributed by atoms with E-state index in [9.17, 15) is 0 Å². The van der Waals surface area contributed by atoms with E-state index in [1.165, 1.54) is 22.6 Å². The van der Waals surface area contributed by atoms with Crippen molar-refractivity contribution >= 4 is 11.8 Å². The van der Waals surface area contributed by atoms with Crippen LogP contribution in [0.25, 0.3) is 0 Å². The maximum Gasteiger partial charge on any atom is 0.0713 e. The van der Waals surface area contributed by atoms with Gasteiger partial charge in [-0.05, 0) is 18.1 Å². The van der Waals surface area contributed by atoms with Gasteiger partial charge in [-0.25, -0.2) is 0 Å². The Bertz CT molecular complexity index is 382. The Labute approximate surface area is 120 Å². The summed E-state index contributed by atoms with van der Waals surface area (Å²) in [5, 5.41) is 0. The van der Waals surface area contributed by atoms with E-state index in [-0.39, 0.29) is 0 Å². The van der Waals surface area contributed by atoms with E-state index in [0.717, 1.165) is 6.54 Å². The van der Waals surface area contributed by atoms with Crippen molar-refractivity contribution < 1.29 is 4.74 Å². The number of benzene rings is 1. The topological polar surface area (TPSA) is 38.5 Å². The van der Waals surface area contributed by atoms with Gasteiger partial charge in [0.25, 0.3) is 0 Å². The summed E-state index contributed by atoms with van der Waals surface area (Å²) in [6.07, 6.45) is 0. The summed E-state index contributed by atoms with van der Waals surface area (Å²) in [5.41, 5.74) is 8.55. The summed E-state index contributed by atoms with van der Waals surface area (Å²) in [7, 11) is 1.73. The second-order valence-electron chi connectivity index (χ2n) is 5.09. The van der Waals surface area contributed by atoms with Crippen LogP contribution < -0.4 is 5.73 Å². The summed E-state index contributed by atoms with van der Waals surface area (Å²) in [5.74, 6) is 2.42. The molecule has 2 atom stereocenters. The van der Waals surface area contributed by atoms with Gasteiger partial charge < -0.3 is 10.5 Å². The van der Waals surface area contributed by atoms with E-state index in [1.807, 2.05) is 11.8 Å². The molecule has 0 radical (unpaired) electrons. The zero-order valence-corrected chi connectivity index (χ0v) is 12.7. The zero-order valence-electron chi connectivity index (χ0n) is 11.8. The average Bonchev–Trinajstić information content (AvgIpc) is 2.44. The number of nitrogens with zero attached hydrogens (tertiary/aromatic N) is 1. The van der Waals surface area contributed by atoms with Crippen molar-refractivity contribution in [2.75, 3.05) is 31.7 Å². The third-order valence-corrected chi connectivity index (χ3v) is 4.91. The van der Waals surface area contributed by atoms with Crippen molar-refractivity contribution in [2.24, 2.45) is 5.73 Å². The van der Waals surface area contributed by atoms with Crippen LogP contribution in [0.1, 0.15) is 24.1 Å². The van der Waals surface area contributed by atoms with Gasteiger partial charge >= 0.3 is 0 Å². The van der Waals surface area contributed by atoms with E-state index >= 15 is 0 Å². The SMILES string of the molecule is COCc1ccc(C(CN)N2CCSCC2C)cc1. The smallest absolute Gasteiger partial charge is 0.0713 e. The minimum Gasteiger partial charge on any atom is -0.380 e. The number of nitrogens with two attached hydrogens (primary N) is 1. The first-order valence-electron chi connectivity index (χ1n) is 6.87. The molecule has 0 aliphatic carbocycles. The van der Waals surface area contributed by atoms with E-state index < -0.39 is 0 Å². The first kappa shape index (κ1) is 14.9. The lowest BCUT2D eigenvalue weighted by Gasteiger charge is -2.39. The van der Waals surface area contributed by atoms with E-state index in [2.05, 4.69) is 36.1 Å². The van der Waals surface area contributed by atoms with Crippen molar-refractivity contribution in [3.8, 4) is 0 Å². The lowest BCUT2D eigenvalue weighted by atomic mass is 10.0. The Morgan fingerprint density at radius 3 is 2.74 bits per heavy atom. The minimum atomic E-state index is 0.340. The predicted octanol–water partition coefficient (Wildman–Crippen LogP) is 2.27. The average molecular weight is 280 g/mol. The molecular formula is C15H24N2OS. The standard InChI is InChI=1S/C15H24N2OS/c1-12-11-19-8-7-17(12)15(9-16)14-5-3-13(4-6-14)10-18-2/h3-6,12,15H,7-11,16H2,1-2H3.